The number of benzene rings is 2. The first-order chi connectivity index (χ1) is 12.6. The molecule has 0 heterocycles. The number of halogens is 2. The number of hydrogen-bond acceptors (Lipinski definition) is 4. The van der Waals surface area contributed by atoms with Crippen LogP contribution >= 0.6 is 35.6 Å². The molecular weight excluding hydrogens is 481 g/mol. The van der Waals surface area contributed by atoms with E-state index in [9.17, 15) is 0 Å². The normalized spacial score (nSPS) is 10.6. The Morgan fingerprint density at radius 1 is 1.04 bits per heavy atom. The lowest BCUT2D eigenvalue weighted by Crippen LogP contribution is -2.30. The largest absolute Gasteiger partial charge is 0.496 e. The Morgan fingerprint density at radius 3 is 2.41 bits per heavy atom. The summed E-state index contributed by atoms with van der Waals surface area (Å²) >= 11 is 6.00. The third kappa shape index (κ3) is 6.66. The van der Waals surface area contributed by atoms with E-state index in [1.165, 1.54) is 0 Å². The van der Waals surface area contributed by atoms with Crippen molar-refractivity contribution in [3.05, 3.63) is 47.0 Å². The molecule has 0 saturated heterocycles. The van der Waals surface area contributed by atoms with Crippen molar-refractivity contribution in [3.8, 4) is 17.2 Å². The Bertz CT molecular complexity index is 772. The topological polar surface area (TPSA) is 64.1 Å². The predicted molar refractivity (Wildman–Crippen MR) is 121 cm³/mol. The Labute approximate surface area is 182 Å². The number of rotatable bonds is 7. The molecule has 0 unspecified atom stereocenters. The Balaban J connectivity index is 0.00000364. The number of nitrogens with one attached hydrogen (secondary N) is 2. The zero-order valence-corrected chi connectivity index (χ0v) is 18.9. The SMILES string of the molecule is CCOc1ccc(NC(=NC)NCc2ccc(Cl)cc2OC)cc1OC.I. The monoisotopic (exact) mass is 505 g/mol. The number of anilines is 1. The molecule has 0 fully saturated rings. The molecule has 8 heteroatoms. The van der Waals surface area contributed by atoms with Crippen molar-refractivity contribution in [1.29, 1.82) is 0 Å². The summed E-state index contributed by atoms with van der Waals surface area (Å²) in [6.07, 6.45) is 0. The van der Waals surface area contributed by atoms with Crippen molar-refractivity contribution < 1.29 is 14.2 Å². The van der Waals surface area contributed by atoms with E-state index >= 15 is 0 Å². The molecule has 2 aromatic carbocycles. The minimum atomic E-state index is 0. The molecule has 2 rings (SSSR count). The van der Waals surface area contributed by atoms with Crippen LogP contribution < -0.4 is 24.8 Å². The van der Waals surface area contributed by atoms with Crippen LogP contribution in [0.2, 0.25) is 5.02 Å². The van der Waals surface area contributed by atoms with Crippen LogP contribution in [0, 0.1) is 0 Å². The molecular formula is C19H25ClIN3O3. The van der Waals surface area contributed by atoms with E-state index in [2.05, 4.69) is 15.6 Å². The fourth-order valence-electron chi connectivity index (χ4n) is 2.38. The summed E-state index contributed by atoms with van der Waals surface area (Å²) in [5.41, 5.74) is 1.81. The molecule has 0 radical (unpaired) electrons. The summed E-state index contributed by atoms with van der Waals surface area (Å²) in [4.78, 5) is 4.24. The molecule has 0 aliphatic carbocycles. The molecule has 0 aliphatic rings. The summed E-state index contributed by atoms with van der Waals surface area (Å²) in [5, 5.41) is 7.11. The predicted octanol–water partition coefficient (Wildman–Crippen LogP) is 4.56. The molecule has 0 atom stereocenters. The molecule has 0 aliphatic heterocycles. The lowest BCUT2D eigenvalue weighted by molar-refractivity contribution is 0.311. The fraction of sp³-hybridized carbons (Fsp3) is 0.316. The van der Waals surface area contributed by atoms with Gasteiger partial charge >= 0.3 is 0 Å². The maximum absolute atomic E-state index is 6.00. The van der Waals surface area contributed by atoms with Gasteiger partial charge in [0.25, 0.3) is 0 Å². The van der Waals surface area contributed by atoms with Gasteiger partial charge in [-0.2, -0.15) is 0 Å². The smallest absolute Gasteiger partial charge is 0.195 e. The van der Waals surface area contributed by atoms with Crippen LogP contribution in [0.15, 0.2) is 41.4 Å². The van der Waals surface area contributed by atoms with Gasteiger partial charge in [-0.1, -0.05) is 17.7 Å². The van der Waals surface area contributed by atoms with Gasteiger partial charge in [0.1, 0.15) is 5.75 Å². The van der Waals surface area contributed by atoms with Gasteiger partial charge in [-0.25, -0.2) is 0 Å². The number of nitrogens with zero attached hydrogens (tertiary/aromatic N) is 1. The van der Waals surface area contributed by atoms with Gasteiger partial charge in [0, 0.05) is 35.9 Å². The molecule has 0 bridgehead atoms. The highest BCUT2D eigenvalue weighted by molar-refractivity contribution is 14.0. The van der Waals surface area contributed by atoms with Gasteiger partial charge in [-0.3, -0.25) is 4.99 Å². The van der Waals surface area contributed by atoms with E-state index in [0.717, 1.165) is 17.0 Å². The van der Waals surface area contributed by atoms with E-state index in [0.29, 0.717) is 35.6 Å². The first kappa shape index (κ1) is 23.2. The number of ether oxygens (including phenoxy) is 3. The summed E-state index contributed by atoms with van der Waals surface area (Å²) in [5.74, 6) is 2.71. The summed E-state index contributed by atoms with van der Waals surface area (Å²) in [7, 11) is 4.94. The molecule has 0 amide bonds. The van der Waals surface area contributed by atoms with Crippen LogP contribution in [0.25, 0.3) is 0 Å². The van der Waals surface area contributed by atoms with Crippen molar-refractivity contribution in [2.45, 2.75) is 13.5 Å². The van der Waals surface area contributed by atoms with E-state index in [-0.39, 0.29) is 24.0 Å². The average Bonchev–Trinajstić information content (AvgIpc) is 2.66. The summed E-state index contributed by atoms with van der Waals surface area (Å²) in [6, 6.07) is 11.2. The highest BCUT2D eigenvalue weighted by Crippen LogP contribution is 2.30. The van der Waals surface area contributed by atoms with Crippen LogP contribution in [-0.2, 0) is 6.54 Å². The Kier molecular flexibility index (Phi) is 10.1. The quantitative estimate of drug-likeness (QED) is 0.328. The van der Waals surface area contributed by atoms with Crippen molar-refractivity contribution in [2.24, 2.45) is 4.99 Å². The summed E-state index contributed by atoms with van der Waals surface area (Å²) in [6.45, 7) is 3.05. The van der Waals surface area contributed by atoms with Crippen molar-refractivity contribution >= 4 is 47.2 Å². The standard InChI is InChI=1S/C19H24ClN3O3.HI/c1-5-26-16-9-8-15(11-18(16)25-4)23-19(21-2)22-12-13-6-7-14(20)10-17(13)24-3;/h6-11H,5,12H2,1-4H3,(H2,21,22,23);1H. The molecule has 0 spiro atoms. The van der Waals surface area contributed by atoms with Crippen molar-refractivity contribution in [2.75, 3.05) is 33.2 Å². The molecule has 148 valence electrons. The Morgan fingerprint density at radius 2 is 1.78 bits per heavy atom. The number of hydrogen-bond donors (Lipinski definition) is 2. The van der Waals surface area contributed by atoms with E-state index in [1.54, 1.807) is 27.3 Å². The average molecular weight is 506 g/mol. The summed E-state index contributed by atoms with van der Waals surface area (Å²) < 4.78 is 16.3. The molecule has 6 nitrogen and oxygen atoms in total. The van der Waals surface area contributed by atoms with Crippen LogP contribution in [0.1, 0.15) is 12.5 Å². The zero-order chi connectivity index (χ0) is 18.9. The van der Waals surface area contributed by atoms with Crippen molar-refractivity contribution in [1.82, 2.24) is 5.32 Å². The van der Waals surface area contributed by atoms with Crippen LogP contribution in [0.4, 0.5) is 5.69 Å². The van der Waals surface area contributed by atoms with Crippen LogP contribution in [-0.4, -0.2) is 33.8 Å². The van der Waals surface area contributed by atoms with E-state index < -0.39 is 0 Å². The lowest BCUT2D eigenvalue weighted by Gasteiger charge is -2.15. The number of aliphatic imine (C=N–C) groups is 1. The van der Waals surface area contributed by atoms with Gasteiger partial charge in [0.05, 0.1) is 20.8 Å². The second-order valence-corrected chi connectivity index (χ2v) is 5.74. The van der Waals surface area contributed by atoms with E-state index in [1.807, 2.05) is 37.3 Å². The molecule has 0 saturated carbocycles. The third-order valence-electron chi connectivity index (χ3n) is 3.65. The lowest BCUT2D eigenvalue weighted by atomic mass is 10.2. The minimum Gasteiger partial charge on any atom is -0.496 e. The van der Waals surface area contributed by atoms with Gasteiger partial charge in [-0.05, 0) is 31.2 Å². The van der Waals surface area contributed by atoms with Gasteiger partial charge < -0.3 is 24.8 Å². The molecule has 27 heavy (non-hydrogen) atoms. The van der Waals surface area contributed by atoms with Crippen LogP contribution in [0.3, 0.4) is 0 Å². The van der Waals surface area contributed by atoms with Gasteiger partial charge in [-0.15, -0.1) is 24.0 Å². The first-order valence-corrected chi connectivity index (χ1v) is 8.60. The highest BCUT2D eigenvalue weighted by atomic mass is 127. The van der Waals surface area contributed by atoms with E-state index in [4.69, 9.17) is 25.8 Å². The Hall–Kier alpha value is -1.87. The highest BCUT2D eigenvalue weighted by Gasteiger charge is 2.08. The number of methoxy groups -OCH3 is 2. The molecule has 0 aromatic heterocycles. The molecule has 2 aromatic rings. The minimum absolute atomic E-state index is 0. The zero-order valence-electron chi connectivity index (χ0n) is 15.8. The molecule has 2 N–H and O–H groups in total. The number of guanidine groups is 1. The maximum atomic E-state index is 6.00. The first-order valence-electron chi connectivity index (χ1n) is 8.22. The van der Waals surface area contributed by atoms with Gasteiger partial charge in [0.2, 0.25) is 0 Å². The van der Waals surface area contributed by atoms with Gasteiger partial charge in [0.15, 0.2) is 17.5 Å². The fourth-order valence-corrected chi connectivity index (χ4v) is 2.54. The second kappa shape index (κ2) is 11.8. The second-order valence-electron chi connectivity index (χ2n) is 5.31. The third-order valence-corrected chi connectivity index (χ3v) is 3.88. The van der Waals surface area contributed by atoms with Crippen LogP contribution in [0.5, 0.6) is 17.2 Å². The maximum Gasteiger partial charge on any atom is 0.195 e. The van der Waals surface area contributed by atoms with Crippen molar-refractivity contribution in [3.63, 3.8) is 0 Å².